The van der Waals surface area contributed by atoms with Crippen LogP contribution in [0.15, 0.2) is 54.6 Å². The Morgan fingerprint density at radius 3 is 2.37 bits per heavy atom. The van der Waals surface area contributed by atoms with Gasteiger partial charge in [-0.25, -0.2) is 4.79 Å². The van der Waals surface area contributed by atoms with Gasteiger partial charge >= 0.3 is 5.97 Å². The Morgan fingerprint density at radius 2 is 1.78 bits per heavy atom. The van der Waals surface area contributed by atoms with Gasteiger partial charge in [0.25, 0.3) is 5.91 Å². The minimum atomic E-state index is -0.702. The van der Waals surface area contributed by atoms with E-state index in [4.69, 9.17) is 16.2 Å². The Bertz CT molecular complexity index is 792. The van der Waals surface area contributed by atoms with E-state index >= 15 is 0 Å². The van der Waals surface area contributed by atoms with Crippen molar-refractivity contribution in [3.8, 4) is 0 Å². The minimum absolute atomic E-state index is 0.230. The molecule has 0 radical (unpaired) electrons. The number of rotatable bonds is 5. The number of nitrogens with zero attached hydrogens (tertiary/aromatic N) is 1. The van der Waals surface area contributed by atoms with Gasteiger partial charge in [-0.3, -0.25) is 4.79 Å². The highest BCUT2D eigenvalue weighted by Gasteiger charge is 2.47. The molecule has 6 nitrogen and oxygen atoms in total. The molecule has 0 spiro atoms. The van der Waals surface area contributed by atoms with Gasteiger partial charge in [0.1, 0.15) is 6.04 Å². The zero-order valence-electron chi connectivity index (χ0n) is 15.4. The molecule has 0 saturated carbocycles. The highest BCUT2D eigenvalue weighted by atomic mass is 16.5. The first-order valence-corrected chi connectivity index (χ1v) is 9.06. The van der Waals surface area contributed by atoms with Crippen molar-refractivity contribution >= 4 is 11.9 Å². The van der Waals surface area contributed by atoms with Crippen LogP contribution < -0.4 is 11.5 Å². The summed E-state index contributed by atoms with van der Waals surface area (Å²) >= 11 is 0. The molecule has 3 rings (SSSR count). The maximum absolute atomic E-state index is 13.3. The number of methoxy groups -OCH3 is 1. The molecule has 0 unspecified atom stereocenters. The summed E-state index contributed by atoms with van der Waals surface area (Å²) in [5, 5.41) is 0. The number of nitrogens with two attached hydrogens (primary N) is 2. The van der Waals surface area contributed by atoms with Crippen molar-refractivity contribution in [1.82, 2.24) is 4.90 Å². The molecule has 1 saturated heterocycles. The Labute approximate surface area is 159 Å². The van der Waals surface area contributed by atoms with Crippen molar-refractivity contribution < 1.29 is 14.3 Å². The number of carbonyl (C=O) groups is 2. The van der Waals surface area contributed by atoms with Crippen molar-refractivity contribution in [2.45, 2.75) is 31.0 Å². The molecule has 2 aromatic rings. The number of esters is 1. The third-order valence-electron chi connectivity index (χ3n) is 5.02. The van der Waals surface area contributed by atoms with Crippen molar-refractivity contribution in [2.75, 3.05) is 13.7 Å². The Balaban J connectivity index is 1.97. The van der Waals surface area contributed by atoms with Crippen LogP contribution in [0.4, 0.5) is 0 Å². The van der Waals surface area contributed by atoms with Crippen LogP contribution in [0.2, 0.25) is 0 Å². The maximum atomic E-state index is 13.3. The molecule has 142 valence electrons. The standard InChI is InChI=1S/C21H25N3O3/c1-27-21(26)18-13-17(23)19(15-5-3-2-4-6-15)24(18)20(25)16-9-7-14(8-10-16)11-12-22/h2-10,17-19H,11-13,22-23H2,1H3/t17-,18+,19+/m1/s1. The molecule has 0 aromatic heterocycles. The lowest BCUT2D eigenvalue weighted by Crippen LogP contribution is -2.43. The van der Waals surface area contributed by atoms with E-state index in [-0.39, 0.29) is 18.0 Å². The number of ether oxygens (including phenoxy) is 1. The average molecular weight is 367 g/mol. The summed E-state index contributed by atoms with van der Waals surface area (Å²) in [6.45, 7) is 0.550. The van der Waals surface area contributed by atoms with Crippen LogP contribution in [0.1, 0.15) is 33.9 Å². The fourth-order valence-electron chi connectivity index (χ4n) is 3.70. The molecule has 0 aliphatic carbocycles. The van der Waals surface area contributed by atoms with Gasteiger partial charge in [0, 0.05) is 11.6 Å². The number of amides is 1. The van der Waals surface area contributed by atoms with Crippen LogP contribution in [-0.4, -0.2) is 42.5 Å². The molecule has 0 bridgehead atoms. The third kappa shape index (κ3) is 3.86. The number of hydrogen-bond donors (Lipinski definition) is 2. The SMILES string of the molecule is COC(=O)[C@@H]1C[C@@H](N)[C@H](c2ccccc2)N1C(=O)c1ccc(CCN)cc1. The second-order valence-electron chi connectivity index (χ2n) is 6.74. The number of benzene rings is 2. The maximum Gasteiger partial charge on any atom is 0.328 e. The summed E-state index contributed by atoms with van der Waals surface area (Å²) in [5.41, 5.74) is 14.4. The van der Waals surface area contributed by atoms with Crippen LogP contribution in [0.25, 0.3) is 0 Å². The van der Waals surface area contributed by atoms with Crippen molar-refractivity contribution in [3.63, 3.8) is 0 Å². The van der Waals surface area contributed by atoms with E-state index in [2.05, 4.69) is 0 Å². The van der Waals surface area contributed by atoms with Gasteiger partial charge in [0.15, 0.2) is 0 Å². The molecule has 2 aromatic carbocycles. The molecule has 1 aliphatic rings. The predicted octanol–water partition coefficient (Wildman–Crippen LogP) is 1.64. The quantitative estimate of drug-likeness (QED) is 0.783. The Morgan fingerprint density at radius 1 is 1.11 bits per heavy atom. The molecule has 1 amide bonds. The largest absolute Gasteiger partial charge is 0.467 e. The van der Waals surface area contributed by atoms with Crippen molar-refractivity contribution in [1.29, 1.82) is 0 Å². The molecule has 1 aliphatic heterocycles. The molecule has 4 N–H and O–H groups in total. The van der Waals surface area contributed by atoms with E-state index in [1.807, 2.05) is 42.5 Å². The molecule has 1 heterocycles. The van der Waals surface area contributed by atoms with Gasteiger partial charge in [-0.15, -0.1) is 0 Å². The zero-order valence-corrected chi connectivity index (χ0v) is 15.4. The van der Waals surface area contributed by atoms with Gasteiger partial charge in [-0.2, -0.15) is 0 Å². The first kappa shape index (κ1) is 19.1. The van der Waals surface area contributed by atoms with Crippen LogP contribution in [-0.2, 0) is 16.0 Å². The van der Waals surface area contributed by atoms with Gasteiger partial charge in [0.2, 0.25) is 0 Å². The second-order valence-corrected chi connectivity index (χ2v) is 6.74. The fourth-order valence-corrected chi connectivity index (χ4v) is 3.70. The van der Waals surface area contributed by atoms with Crippen LogP contribution in [0, 0.1) is 0 Å². The summed E-state index contributed by atoms with van der Waals surface area (Å²) in [4.78, 5) is 27.2. The topological polar surface area (TPSA) is 98.6 Å². The van der Waals surface area contributed by atoms with Crippen LogP contribution in [0.5, 0.6) is 0 Å². The van der Waals surface area contributed by atoms with Gasteiger partial charge in [-0.05, 0) is 42.6 Å². The fraction of sp³-hybridized carbons (Fsp3) is 0.333. The number of hydrogen-bond acceptors (Lipinski definition) is 5. The van der Waals surface area contributed by atoms with E-state index in [0.29, 0.717) is 18.5 Å². The molecular weight excluding hydrogens is 342 g/mol. The van der Waals surface area contributed by atoms with E-state index in [9.17, 15) is 9.59 Å². The zero-order chi connectivity index (χ0) is 19.4. The Hall–Kier alpha value is -2.70. The van der Waals surface area contributed by atoms with Gasteiger partial charge in [0.05, 0.1) is 13.2 Å². The molecule has 6 heteroatoms. The third-order valence-corrected chi connectivity index (χ3v) is 5.02. The van der Waals surface area contributed by atoms with Crippen LogP contribution >= 0.6 is 0 Å². The van der Waals surface area contributed by atoms with E-state index in [1.54, 1.807) is 17.0 Å². The summed E-state index contributed by atoms with van der Waals surface area (Å²) < 4.78 is 4.93. The van der Waals surface area contributed by atoms with E-state index < -0.39 is 12.0 Å². The summed E-state index contributed by atoms with van der Waals surface area (Å²) in [6.07, 6.45) is 1.11. The van der Waals surface area contributed by atoms with E-state index in [1.165, 1.54) is 7.11 Å². The molecule has 1 fully saturated rings. The normalized spacial score (nSPS) is 21.9. The smallest absolute Gasteiger partial charge is 0.328 e. The first-order chi connectivity index (χ1) is 13.1. The first-order valence-electron chi connectivity index (χ1n) is 9.06. The minimum Gasteiger partial charge on any atom is -0.467 e. The van der Waals surface area contributed by atoms with Gasteiger partial charge < -0.3 is 21.1 Å². The highest BCUT2D eigenvalue weighted by molar-refractivity contribution is 5.97. The number of carbonyl (C=O) groups excluding carboxylic acids is 2. The second kappa shape index (κ2) is 8.33. The summed E-state index contributed by atoms with van der Waals surface area (Å²) in [5.74, 6) is -0.677. The lowest BCUT2D eigenvalue weighted by atomic mass is 10.00. The average Bonchev–Trinajstić information content (AvgIpc) is 3.05. The van der Waals surface area contributed by atoms with Crippen molar-refractivity contribution in [3.05, 3.63) is 71.3 Å². The molecule has 27 heavy (non-hydrogen) atoms. The lowest BCUT2D eigenvalue weighted by molar-refractivity contribution is -0.145. The molecule has 3 atom stereocenters. The molecular formula is C21H25N3O3. The van der Waals surface area contributed by atoms with Gasteiger partial charge in [-0.1, -0.05) is 42.5 Å². The predicted molar refractivity (Wildman–Crippen MR) is 103 cm³/mol. The monoisotopic (exact) mass is 367 g/mol. The Kier molecular flexibility index (Phi) is 5.88. The highest BCUT2D eigenvalue weighted by Crippen LogP contribution is 2.37. The van der Waals surface area contributed by atoms with E-state index in [0.717, 1.165) is 17.5 Å². The number of likely N-dealkylation sites (tertiary alicyclic amines) is 1. The summed E-state index contributed by atoms with van der Waals surface area (Å²) in [7, 11) is 1.33. The van der Waals surface area contributed by atoms with Crippen molar-refractivity contribution in [2.24, 2.45) is 11.5 Å². The lowest BCUT2D eigenvalue weighted by Gasteiger charge is -2.30. The van der Waals surface area contributed by atoms with Crippen LogP contribution in [0.3, 0.4) is 0 Å². The summed E-state index contributed by atoms with van der Waals surface area (Å²) in [6, 6.07) is 15.4.